The number of nitrogens with one attached hydrogen (secondary N) is 1. The summed E-state index contributed by atoms with van der Waals surface area (Å²) in [5.41, 5.74) is 0.307. The molecule has 2 atom stereocenters. The molecule has 1 aromatic rings. The Balaban J connectivity index is 2.78. The lowest BCUT2D eigenvalue weighted by Gasteiger charge is -2.17. The maximum atomic E-state index is 12.0. The molecule has 0 spiro atoms. The Hall–Kier alpha value is -2.55. The molecule has 0 unspecified atom stereocenters. The van der Waals surface area contributed by atoms with Gasteiger partial charge in [0.1, 0.15) is 11.8 Å². The van der Waals surface area contributed by atoms with Crippen LogP contribution >= 0.6 is 0 Å². The molecule has 1 aromatic carbocycles. The zero-order valence-electron chi connectivity index (χ0n) is 11.3. The van der Waals surface area contributed by atoms with Gasteiger partial charge in [-0.05, 0) is 37.6 Å². The maximum absolute atomic E-state index is 12.0. The van der Waals surface area contributed by atoms with Crippen molar-refractivity contribution in [2.45, 2.75) is 19.4 Å². The summed E-state index contributed by atoms with van der Waals surface area (Å²) in [6.07, 6.45) is 0.174. The summed E-state index contributed by atoms with van der Waals surface area (Å²) >= 11 is 0. The molecule has 0 aliphatic heterocycles. The van der Waals surface area contributed by atoms with Crippen molar-refractivity contribution in [2.75, 3.05) is 7.11 Å². The Morgan fingerprint density at radius 2 is 2.00 bits per heavy atom. The van der Waals surface area contributed by atoms with Crippen molar-refractivity contribution in [3.8, 4) is 11.8 Å². The van der Waals surface area contributed by atoms with Gasteiger partial charge in [-0.2, -0.15) is 5.26 Å². The lowest BCUT2D eigenvalue weighted by Crippen LogP contribution is -2.42. The molecule has 0 aromatic heterocycles. The number of hydrogen-bond donors (Lipinski definition) is 2. The monoisotopic (exact) mass is 276 g/mol. The zero-order chi connectivity index (χ0) is 15.1. The van der Waals surface area contributed by atoms with E-state index in [2.05, 4.69) is 10.1 Å². The molecule has 106 valence electrons. The first-order valence-electron chi connectivity index (χ1n) is 6.05. The summed E-state index contributed by atoms with van der Waals surface area (Å²) in [6, 6.07) is 6.75. The van der Waals surface area contributed by atoms with Gasteiger partial charge in [-0.1, -0.05) is 0 Å². The van der Waals surface area contributed by atoms with Gasteiger partial charge in [-0.25, -0.2) is 4.79 Å². The van der Waals surface area contributed by atoms with Crippen LogP contribution in [0.25, 0.3) is 0 Å². The van der Waals surface area contributed by atoms with E-state index >= 15 is 0 Å². The highest BCUT2D eigenvalue weighted by molar-refractivity contribution is 5.96. The number of amides is 1. The van der Waals surface area contributed by atoms with E-state index < -0.39 is 17.9 Å². The summed E-state index contributed by atoms with van der Waals surface area (Å²) in [6.45, 7) is 1.66. The van der Waals surface area contributed by atoms with E-state index in [0.717, 1.165) is 0 Å². The van der Waals surface area contributed by atoms with Gasteiger partial charge >= 0.3 is 5.97 Å². The second-order valence-electron chi connectivity index (χ2n) is 4.36. The van der Waals surface area contributed by atoms with Crippen molar-refractivity contribution in [2.24, 2.45) is 5.92 Å². The van der Waals surface area contributed by atoms with E-state index in [1.54, 1.807) is 6.92 Å². The number of benzene rings is 1. The highest BCUT2D eigenvalue weighted by Crippen LogP contribution is 2.11. The maximum Gasteiger partial charge on any atom is 0.328 e. The number of phenols is 1. The fraction of sp³-hybridized carbons (Fsp3) is 0.357. The average molecular weight is 276 g/mol. The molecule has 0 aliphatic rings. The highest BCUT2D eigenvalue weighted by atomic mass is 16.5. The van der Waals surface area contributed by atoms with Crippen molar-refractivity contribution in [1.29, 1.82) is 5.26 Å². The van der Waals surface area contributed by atoms with Gasteiger partial charge in [0, 0.05) is 11.5 Å². The second-order valence-corrected chi connectivity index (χ2v) is 4.36. The molecule has 1 rings (SSSR count). The Labute approximate surface area is 117 Å². The van der Waals surface area contributed by atoms with Crippen LogP contribution in [-0.2, 0) is 9.53 Å². The van der Waals surface area contributed by atoms with Crippen LogP contribution in [0, 0.1) is 17.2 Å². The van der Waals surface area contributed by atoms with Gasteiger partial charge in [0.25, 0.3) is 5.91 Å². The number of nitriles is 1. The number of carbonyl (C=O) groups excluding carboxylic acids is 2. The van der Waals surface area contributed by atoms with Crippen molar-refractivity contribution < 1.29 is 19.4 Å². The summed E-state index contributed by atoms with van der Waals surface area (Å²) in [5, 5.41) is 20.5. The fourth-order valence-electron chi connectivity index (χ4n) is 1.62. The van der Waals surface area contributed by atoms with Gasteiger partial charge in [-0.15, -0.1) is 0 Å². The first-order chi connectivity index (χ1) is 9.47. The smallest absolute Gasteiger partial charge is 0.328 e. The Morgan fingerprint density at radius 1 is 1.40 bits per heavy atom. The SMILES string of the molecule is COC(=O)[C@@H](C[C@@H](C)C#N)NC(=O)c1ccc(O)cc1. The number of hydrogen-bond acceptors (Lipinski definition) is 5. The number of rotatable bonds is 5. The Kier molecular flexibility index (Phi) is 5.54. The van der Waals surface area contributed by atoms with Gasteiger partial charge in [-0.3, -0.25) is 4.79 Å². The molecule has 0 bridgehead atoms. The summed E-state index contributed by atoms with van der Waals surface area (Å²) in [5.74, 6) is -1.41. The van der Waals surface area contributed by atoms with E-state index in [9.17, 15) is 9.59 Å². The first kappa shape index (κ1) is 15.5. The van der Waals surface area contributed by atoms with Gasteiger partial charge in [0.15, 0.2) is 0 Å². The lowest BCUT2D eigenvalue weighted by molar-refractivity contribution is -0.143. The van der Waals surface area contributed by atoms with Crippen molar-refractivity contribution in [1.82, 2.24) is 5.32 Å². The molecule has 1 amide bonds. The molecule has 0 aliphatic carbocycles. The number of ether oxygens (including phenoxy) is 1. The first-order valence-corrected chi connectivity index (χ1v) is 6.05. The van der Waals surface area contributed by atoms with E-state index in [-0.39, 0.29) is 18.1 Å². The third-order valence-corrected chi connectivity index (χ3v) is 2.73. The standard InChI is InChI=1S/C14H16N2O4/c1-9(8-15)7-12(14(19)20-2)16-13(18)10-3-5-11(17)6-4-10/h3-6,9,12,17H,7H2,1-2H3,(H,16,18)/t9-,12-/m1/s1. The number of esters is 1. The molecule has 6 nitrogen and oxygen atoms in total. The lowest BCUT2D eigenvalue weighted by atomic mass is 10.0. The predicted molar refractivity (Wildman–Crippen MR) is 70.8 cm³/mol. The molecular formula is C14H16N2O4. The molecule has 0 heterocycles. The van der Waals surface area contributed by atoms with Crippen LogP contribution in [0.4, 0.5) is 0 Å². The molecule has 0 saturated heterocycles. The summed E-state index contributed by atoms with van der Waals surface area (Å²) < 4.78 is 4.61. The van der Waals surface area contributed by atoms with E-state index in [4.69, 9.17) is 10.4 Å². The largest absolute Gasteiger partial charge is 0.508 e. The topological polar surface area (TPSA) is 99.4 Å². The fourth-order valence-corrected chi connectivity index (χ4v) is 1.62. The molecule has 20 heavy (non-hydrogen) atoms. The van der Waals surface area contributed by atoms with Crippen LogP contribution in [0.15, 0.2) is 24.3 Å². The number of phenolic OH excluding ortho intramolecular Hbond substituents is 1. The van der Waals surface area contributed by atoms with Crippen LogP contribution < -0.4 is 5.32 Å². The minimum atomic E-state index is -0.879. The average Bonchev–Trinajstić information content (AvgIpc) is 2.46. The second kappa shape index (κ2) is 7.14. The highest BCUT2D eigenvalue weighted by Gasteiger charge is 2.24. The summed E-state index contributed by atoms with van der Waals surface area (Å²) in [4.78, 5) is 23.6. The molecule has 6 heteroatoms. The van der Waals surface area contributed by atoms with Gasteiger partial charge in [0.05, 0.1) is 13.2 Å². The van der Waals surface area contributed by atoms with Gasteiger partial charge < -0.3 is 15.2 Å². The number of carbonyl (C=O) groups is 2. The third kappa shape index (κ3) is 4.28. The van der Waals surface area contributed by atoms with Crippen LogP contribution in [0.5, 0.6) is 5.75 Å². The molecule has 0 fully saturated rings. The third-order valence-electron chi connectivity index (χ3n) is 2.73. The molecule has 2 N–H and O–H groups in total. The molecular weight excluding hydrogens is 260 g/mol. The number of methoxy groups -OCH3 is 1. The Bertz CT molecular complexity index is 519. The van der Waals surface area contributed by atoms with E-state index in [0.29, 0.717) is 5.56 Å². The summed E-state index contributed by atoms with van der Waals surface area (Å²) in [7, 11) is 1.22. The van der Waals surface area contributed by atoms with Crippen molar-refractivity contribution in [3.05, 3.63) is 29.8 Å². The number of nitrogens with zero attached hydrogens (tertiary/aromatic N) is 1. The Morgan fingerprint density at radius 3 is 2.50 bits per heavy atom. The van der Waals surface area contributed by atoms with Crippen LogP contribution in [0.3, 0.4) is 0 Å². The van der Waals surface area contributed by atoms with Crippen molar-refractivity contribution >= 4 is 11.9 Å². The normalized spacial score (nSPS) is 12.8. The van der Waals surface area contributed by atoms with Crippen LogP contribution in [-0.4, -0.2) is 30.1 Å². The molecule has 0 saturated carbocycles. The van der Waals surface area contributed by atoms with E-state index in [1.165, 1.54) is 31.4 Å². The quantitative estimate of drug-likeness (QED) is 0.787. The predicted octanol–water partition coefficient (Wildman–Crippen LogP) is 1.21. The van der Waals surface area contributed by atoms with Crippen molar-refractivity contribution in [3.63, 3.8) is 0 Å². The zero-order valence-corrected chi connectivity index (χ0v) is 11.3. The van der Waals surface area contributed by atoms with Crippen LogP contribution in [0.1, 0.15) is 23.7 Å². The van der Waals surface area contributed by atoms with Gasteiger partial charge in [0.2, 0.25) is 0 Å². The van der Waals surface area contributed by atoms with Crippen LogP contribution in [0.2, 0.25) is 0 Å². The number of aromatic hydroxyl groups is 1. The molecule has 0 radical (unpaired) electrons. The van der Waals surface area contributed by atoms with E-state index in [1.807, 2.05) is 6.07 Å². The minimum Gasteiger partial charge on any atom is -0.508 e. The minimum absolute atomic E-state index is 0.0455.